The number of carbonyl (C=O) groups is 1. The van der Waals surface area contributed by atoms with Crippen LogP contribution in [0.15, 0.2) is 12.1 Å². The lowest BCUT2D eigenvalue weighted by atomic mass is 9.93. The quantitative estimate of drug-likeness (QED) is 0.673. The summed E-state index contributed by atoms with van der Waals surface area (Å²) in [6.45, 7) is 5.08. The molecule has 3 aliphatic rings. The highest BCUT2D eigenvalue weighted by molar-refractivity contribution is 5.93. The molecule has 2 aliphatic heterocycles. The molecule has 2 saturated heterocycles. The number of piperazine rings is 1. The van der Waals surface area contributed by atoms with Crippen LogP contribution in [0, 0.1) is 0 Å². The van der Waals surface area contributed by atoms with Gasteiger partial charge in [0.05, 0.1) is 6.04 Å². The molecule has 1 saturated carbocycles. The summed E-state index contributed by atoms with van der Waals surface area (Å²) in [7, 11) is 0. The number of nitrogens with zero attached hydrogens (tertiary/aromatic N) is 1. The van der Waals surface area contributed by atoms with Crippen molar-refractivity contribution in [1.82, 2.24) is 10.2 Å². The molecule has 1 amide bonds. The fraction of sp³-hybridized carbons (Fsp3) is 0.696. The molecule has 1 aliphatic carbocycles. The third-order valence-electron chi connectivity index (χ3n) is 6.96. The molecule has 2 unspecified atom stereocenters. The third kappa shape index (κ3) is 3.22. The van der Waals surface area contributed by atoms with E-state index in [2.05, 4.69) is 31.3 Å². The number of unbranched alkanes of at least 4 members (excludes halogenated alkanes) is 2. The molecule has 3 N–H and O–H groups in total. The molecule has 0 aromatic heterocycles. The molecule has 4 atom stereocenters. The molecule has 2 heterocycles. The first-order valence-corrected chi connectivity index (χ1v) is 11.1. The number of benzene rings is 1. The van der Waals surface area contributed by atoms with Gasteiger partial charge < -0.3 is 15.1 Å². The zero-order valence-electron chi connectivity index (χ0n) is 17.2. The van der Waals surface area contributed by atoms with E-state index in [1.165, 1.54) is 0 Å². The molecular formula is C23H34N2O3. The van der Waals surface area contributed by atoms with Gasteiger partial charge in [-0.3, -0.25) is 10.1 Å². The topological polar surface area (TPSA) is 72.8 Å². The van der Waals surface area contributed by atoms with E-state index in [-0.39, 0.29) is 17.9 Å². The van der Waals surface area contributed by atoms with Crippen molar-refractivity contribution in [3.05, 3.63) is 28.8 Å². The normalized spacial score (nSPS) is 31.5. The number of nitrogens with one attached hydrogen (secondary N) is 1. The number of hydrogen-bond acceptors (Lipinski definition) is 4. The number of hydrogen-bond donors (Lipinski definition) is 3. The van der Waals surface area contributed by atoms with Crippen molar-refractivity contribution in [2.24, 2.45) is 0 Å². The van der Waals surface area contributed by atoms with Gasteiger partial charge >= 0.3 is 0 Å². The number of aromatic hydroxyl groups is 1. The molecular weight excluding hydrogens is 352 g/mol. The Labute approximate surface area is 168 Å². The number of fused-ring (bicyclic) bond motifs is 1. The second-order valence-corrected chi connectivity index (χ2v) is 8.92. The first-order chi connectivity index (χ1) is 13.5. The Morgan fingerprint density at radius 1 is 1.18 bits per heavy atom. The van der Waals surface area contributed by atoms with Gasteiger partial charge in [0.25, 0.3) is 0 Å². The summed E-state index contributed by atoms with van der Waals surface area (Å²) in [6, 6.07) is 4.15. The van der Waals surface area contributed by atoms with Crippen LogP contribution in [0.3, 0.4) is 0 Å². The number of phenols is 1. The molecule has 1 aromatic carbocycles. The van der Waals surface area contributed by atoms with E-state index in [4.69, 9.17) is 0 Å². The van der Waals surface area contributed by atoms with E-state index in [0.717, 1.165) is 81.0 Å². The minimum absolute atomic E-state index is 0.0700. The van der Waals surface area contributed by atoms with Crippen LogP contribution in [0.4, 0.5) is 0 Å². The van der Waals surface area contributed by atoms with Crippen LogP contribution >= 0.6 is 0 Å². The Hall–Kier alpha value is -1.59. The van der Waals surface area contributed by atoms with E-state index < -0.39 is 11.8 Å². The Morgan fingerprint density at radius 2 is 1.82 bits per heavy atom. The summed E-state index contributed by atoms with van der Waals surface area (Å²) in [5.41, 5.74) is 2.51. The fourth-order valence-electron chi connectivity index (χ4n) is 5.22. The maximum Gasteiger partial charge on any atom is 0.244 e. The van der Waals surface area contributed by atoms with Gasteiger partial charge in [-0.1, -0.05) is 38.8 Å². The van der Waals surface area contributed by atoms with Crippen molar-refractivity contribution in [3.8, 4) is 5.75 Å². The van der Waals surface area contributed by atoms with Crippen molar-refractivity contribution in [1.29, 1.82) is 0 Å². The number of rotatable bonds is 7. The van der Waals surface area contributed by atoms with Gasteiger partial charge in [-0.05, 0) is 61.6 Å². The molecule has 3 fully saturated rings. The largest absolute Gasteiger partial charge is 0.507 e. The zero-order chi connectivity index (χ0) is 19.9. The van der Waals surface area contributed by atoms with Gasteiger partial charge in [0.15, 0.2) is 0 Å². The highest BCUT2D eigenvalue weighted by atomic mass is 16.3. The van der Waals surface area contributed by atoms with Crippen LogP contribution < -0.4 is 5.32 Å². The van der Waals surface area contributed by atoms with Gasteiger partial charge in [0.2, 0.25) is 5.91 Å². The standard InChI is InChI=1S/C23H34N2O3/c1-3-5-8-15-12-17(13-16(20(15)26)9-6-4-2)18-14-23(18)22(28)25-11-7-10-19(25)21(27)24-23/h12-13,18-19,21,24,26-27H,3-11,14H2,1-2H3/t18-,19-,21?,23?/m0/s1. The van der Waals surface area contributed by atoms with Gasteiger partial charge in [0.1, 0.15) is 17.5 Å². The van der Waals surface area contributed by atoms with E-state index in [1.54, 1.807) is 0 Å². The molecule has 4 rings (SSSR count). The molecule has 0 radical (unpaired) electrons. The van der Waals surface area contributed by atoms with Crippen LogP contribution in [-0.2, 0) is 17.6 Å². The molecule has 28 heavy (non-hydrogen) atoms. The predicted molar refractivity (Wildman–Crippen MR) is 109 cm³/mol. The van der Waals surface area contributed by atoms with Crippen LogP contribution in [0.5, 0.6) is 5.75 Å². The van der Waals surface area contributed by atoms with Crippen LogP contribution in [-0.4, -0.2) is 45.4 Å². The van der Waals surface area contributed by atoms with E-state index in [0.29, 0.717) is 5.75 Å². The number of aryl methyl sites for hydroxylation is 2. The second kappa shape index (κ2) is 7.68. The lowest BCUT2D eigenvalue weighted by molar-refractivity contribution is -0.146. The maximum atomic E-state index is 13.2. The minimum Gasteiger partial charge on any atom is -0.507 e. The Bertz CT molecular complexity index is 720. The fourth-order valence-corrected chi connectivity index (χ4v) is 5.22. The minimum atomic E-state index is -0.652. The van der Waals surface area contributed by atoms with E-state index >= 15 is 0 Å². The van der Waals surface area contributed by atoms with Gasteiger partial charge in [-0.15, -0.1) is 0 Å². The Kier molecular flexibility index (Phi) is 5.41. The van der Waals surface area contributed by atoms with Crippen LogP contribution in [0.1, 0.15) is 81.4 Å². The Morgan fingerprint density at radius 3 is 2.43 bits per heavy atom. The average molecular weight is 387 g/mol. The van der Waals surface area contributed by atoms with Crippen molar-refractivity contribution >= 4 is 5.91 Å². The average Bonchev–Trinajstić information content (AvgIpc) is 3.17. The van der Waals surface area contributed by atoms with E-state index in [1.807, 2.05) is 4.90 Å². The first kappa shape index (κ1) is 19.7. The van der Waals surface area contributed by atoms with Crippen molar-refractivity contribution in [2.75, 3.05) is 6.54 Å². The van der Waals surface area contributed by atoms with Crippen LogP contribution in [0.2, 0.25) is 0 Å². The zero-order valence-corrected chi connectivity index (χ0v) is 17.2. The summed E-state index contributed by atoms with van der Waals surface area (Å²) < 4.78 is 0. The lowest BCUT2D eigenvalue weighted by Gasteiger charge is -2.40. The smallest absolute Gasteiger partial charge is 0.244 e. The van der Waals surface area contributed by atoms with Gasteiger partial charge in [0, 0.05) is 12.5 Å². The Balaban J connectivity index is 1.63. The summed E-state index contributed by atoms with van der Waals surface area (Å²) in [5.74, 6) is 0.684. The number of carbonyl (C=O) groups excluding carboxylic acids is 1. The molecule has 5 heteroatoms. The number of aliphatic hydroxyl groups is 1. The third-order valence-corrected chi connectivity index (χ3v) is 6.96. The van der Waals surface area contributed by atoms with E-state index in [9.17, 15) is 15.0 Å². The molecule has 0 bridgehead atoms. The number of phenolic OH excluding ortho intramolecular Hbond substituents is 1. The second-order valence-electron chi connectivity index (χ2n) is 8.92. The summed E-state index contributed by atoms with van der Waals surface area (Å²) in [4.78, 5) is 15.1. The monoisotopic (exact) mass is 386 g/mol. The summed E-state index contributed by atoms with van der Waals surface area (Å²) >= 11 is 0. The number of aliphatic hydroxyl groups excluding tert-OH is 1. The molecule has 154 valence electrons. The van der Waals surface area contributed by atoms with Crippen molar-refractivity contribution < 1.29 is 15.0 Å². The van der Waals surface area contributed by atoms with Crippen LogP contribution in [0.25, 0.3) is 0 Å². The van der Waals surface area contributed by atoms with Crippen molar-refractivity contribution in [3.63, 3.8) is 0 Å². The molecule has 5 nitrogen and oxygen atoms in total. The predicted octanol–water partition coefficient (Wildman–Crippen LogP) is 3.22. The molecule has 1 spiro atoms. The summed E-state index contributed by atoms with van der Waals surface area (Å²) in [5, 5.41) is 24.6. The highest BCUT2D eigenvalue weighted by Gasteiger charge is 2.66. The highest BCUT2D eigenvalue weighted by Crippen LogP contribution is 2.56. The lowest BCUT2D eigenvalue weighted by Crippen LogP contribution is -2.65. The van der Waals surface area contributed by atoms with Crippen molar-refractivity contribution in [2.45, 2.75) is 95.4 Å². The SMILES string of the molecule is CCCCc1cc([C@@H]2CC23NC(O)[C@@H]2CCCN2C3=O)cc(CCCC)c1O. The summed E-state index contributed by atoms with van der Waals surface area (Å²) in [6.07, 6.45) is 7.95. The van der Waals surface area contributed by atoms with Gasteiger partial charge in [-0.2, -0.15) is 0 Å². The maximum absolute atomic E-state index is 13.2. The first-order valence-electron chi connectivity index (χ1n) is 11.1. The van der Waals surface area contributed by atoms with Gasteiger partial charge in [-0.25, -0.2) is 0 Å². The molecule has 1 aromatic rings. The number of amides is 1.